The normalized spacial score (nSPS) is 13.3. The molecule has 0 bridgehead atoms. The second kappa shape index (κ2) is 20.0. The van der Waals surface area contributed by atoms with Gasteiger partial charge in [-0.2, -0.15) is 132 Å². The van der Waals surface area contributed by atoms with Crippen LogP contribution in [0, 0.1) is 11.3 Å². The predicted octanol–water partition coefficient (Wildman–Crippen LogP) is 14.3. The van der Waals surface area contributed by atoms with Crippen LogP contribution in [0.1, 0.15) is 55.6 Å². The highest BCUT2D eigenvalue weighted by Gasteiger charge is 2.47. The Hall–Kier alpha value is -7.40. The van der Waals surface area contributed by atoms with E-state index in [1.165, 1.54) is 5.56 Å². The van der Waals surface area contributed by atoms with Crippen LogP contribution in [0.5, 0.6) is 0 Å². The molecule has 0 atom stereocenters. The maximum absolute atomic E-state index is 14.2. The number of hydrogen-bond acceptors (Lipinski definition) is 1. The highest BCUT2D eigenvalue weighted by molar-refractivity contribution is 7.20. The van der Waals surface area contributed by atoms with Crippen LogP contribution in [0.4, 0.5) is 105 Å². The summed E-state index contributed by atoms with van der Waals surface area (Å²) in [5.74, 6) is 0. The molecule has 7 rings (SSSR count). The van der Waals surface area contributed by atoms with Crippen molar-refractivity contribution < 1.29 is 110 Å². The Morgan fingerprint density at radius 1 is 0.355 bits per heavy atom. The second-order valence-corrected chi connectivity index (χ2v) is 16.7. The molecule has 402 valence electrons. The van der Waals surface area contributed by atoms with E-state index in [9.17, 15) is 105 Å². The number of rotatable bonds is 6. The number of nitriles is 1. The zero-order valence-electron chi connectivity index (χ0n) is 37.0. The lowest BCUT2D eigenvalue weighted by Gasteiger charge is -2.46. The summed E-state index contributed by atoms with van der Waals surface area (Å²) in [4.78, 5) is 0. The summed E-state index contributed by atoms with van der Waals surface area (Å²) in [5.41, 5.74) is -28.2. The molecule has 0 N–H and O–H groups in total. The van der Waals surface area contributed by atoms with Crippen LogP contribution in [-0.4, -0.2) is 6.15 Å². The van der Waals surface area contributed by atoms with E-state index in [1.807, 2.05) is 42.6 Å². The van der Waals surface area contributed by atoms with E-state index in [-0.39, 0.29) is 0 Å². The number of benzene rings is 6. The summed E-state index contributed by atoms with van der Waals surface area (Å²) in [6, 6.07) is 11.6. The molecule has 0 aliphatic rings. The molecule has 0 saturated carbocycles. The molecule has 1 aromatic heterocycles. The fourth-order valence-electron chi connectivity index (χ4n) is 8.32. The number of aromatic nitrogens is 1. The Morgan fingerprint density at radius 3 is 0.908 bits per heavy atom. The zero-order valence-corrected chi connectivity index (χ0v) is 37.0. The van der Waals surface area contributed by atoms with Crippen molar-refractivity contribution in [3.05, 3.63) is 195 Å². The lowest BCUT2D eigenvalue weighted by atomic mass is 9.12. The van der Waals surface area contributed by atoms with Gasteiger partial charge in [0, 0.05) is 11.6 Å². The molecule has 0 radical (unpaired) electrons. The van der Waals surface area contributed by atoms with Crippen molar-refractivity contribution in [3.8, 4) is 6.07 Å². The van der Waals surface area contributed by atoms with E-state index in [0.29, 0.717) is 0 Å². The number of hydrogen-bond donors (Lipinski definition) is 0. The van der Waals surface area contributed by atoms with Crippen molar-refractivity contribution in [1.82, 2.24) is 0 Å². The predicted molar refractivity (Wildman–Crippen MR) is 224 cm³/mol. The number of alkyl halides is 24. The van der Waals surface area contributed by atoms with Gasteiger partial charge in [0.2, 0.25) is 0 Å². The minimum absolute atomic E-state index is 0.691. The van der Waals surface area contributed by atoms with Gasteiger partial charge in [-0.15, -0.1) is 0 Å². The lowest BCUT2D eigenvalue weighted by Crippen LogP contribution is -2.75. The summed E-state index contributed by atoms with van der Waals surface area (Å²) in [5, 5.41) is 11.3. The topological polar surface area (TPSA) is 27.7 Å². The minimum atomic E-state index is -6.13. The third-order valence-corrected chi connectivity index (χ3v) is 11.6. The van der Waals surface area contributed by atoms with E-state index < -0.39 is 195 Å². The Morgan fingerprint density at radius 2 is 0.645 bits per heavy atom. The maximum Gasteiger partial charge on any atom is 0.416 e. The lowest BCUT2D eigenvalue weighted by molar-refractivity contribution is -0.687. The summed E-state index contributed by atoms with van der Waals surface area (Å²) in [7, 11) is 0. The first kappa shape index (κ1) is 57.9. The summed E-state index contributed by atoms with van der Waals surface area (Å²) >= 11 is 0. The Bertz CT molecular complexity index is 2860. The number of nitrogens with zero attached hydrogens (tertiary/aromatic N) is 2. The van der Waals surface area contributed by atoms with Crippen molar-refractivity contribution >= 4 is 38.8 Å². The molecule has 0 spiro atoms. The molecular formula is C49H25BF24N2. The highest BCUT2D eigenvalue weighted by Crippen LogP contribution is 2.41. The molecule has 27 heteroatoms. The van der Waals surface area contributed by atoms with Crippen LogP contribution in [-0.2, 0) is 56.0 Å². The average molecular weight is 1110 g/mol. The fraction of sp³-hybridized carbons (Fsp3) is 0.184. The minimum Gasteiger partial charge on any atom is -0.200 e. The average Bonchev–Trinajstić information content (AvgIpc) is 3.29. The first-order chi connectivity index (χ1) is 34.6. The first-order valence-corrected chi connectivity index (χ1v) is 20.8. The van der Waals surface area contributed by atoms with Crippen molar-refractivity contribution in [3.63, 3.8) is 0 Å². The zero-order chi connectivity index (χ0) is 57.0. The van der Waals surface area contributed by atoms with Crippen molar-refractivity contribution in [2.45, 2.75) is 56.0 Å². The second-order valence-electron chi connectivity index (χ2n) is 16.7. The van der Waals surface area contributed by atoms with Crippen molar-refractivity contribution in [2.75, 3.05) is 0 Å². The quantitative estimate of drug-likeness (QED) is 0.0926. The first-order valence-electron chi connectivity index (χ1n) is 20.8. The standard InChI is InChI=1S/C32H12BF24.C17H13N2/c34-25(35,36)13-1-14(26(37,38)39)6-21(5-13)33(22-7-15(27(40,41)42)2-16(8-22)28(43,44)45,23-9-17(29(46,47)48)3-18(10-23)30(49,50)51)24-11-19(31(52,53)54)4-20(12-24)32(55,56)57;18-11-16-8-4-7-15-9-10-19(13-17(15)16)12-14-5-2-1-3-6-14/h1-12H;1-10,13H,12H2/q-1;+1. The number of fused-ring (bicyclic) bond motifs is 1. The van der Waals surface area contributed by atoms with Crippen LogP contribution in [0.2, 0.25) is 0 Å². The molecule has 0 fully saturated rings. The smallest absolute Gasteiger partial charge is 0.200 e. The highest BCUT2D eigenvalue weighted by atomic mass is 19.4. The van der Waals surface area contributed by atoms with Gasteiger partial charge in [-0.25, -0.2) is 4.57 Å². The van der Waals surface area contributed by atoms with E-state index in [1.54, 1.807) is 0 Å². The molecule has 2 nitrogen and oxygen atoms in total. The fourth-order valence-corrected chi connectivity index (χ4v) is 8.32. The van der Waals surface area contributed by atoms with Gasteiger partial charge in [-0.05, 0) is 35.7 Å². The maximum atomic E-state index is 14.2. The van der Waals surface area contributed by atoms with Crippen molar-refractivity contribution in [1.29, 1.82) is 5.26 Å². The van der Waals surface area contributed by atoms with Crippen molar-refractivity contribution in [2.24, 2.45) is 0 Å². The van der Waals surface area contributed by atoms with Crippen LogP contribution < -0.4 is 26.4 Å². The SMILES string of the molecule is FC(F)(F)c1cc([B-](c2cc(C(F)(F)F)cc(C(F)(F)F)c2)(c2cc(C(F)(F)F)cc(C(F)(F)F)c2)c2cc(C(F)(F)F)cc(C(F)(F)F)c2)cc(C(F)(F)F)c1.N#Cc1cccc2cc[n+](Cc3ccccc3)cc12. The van der Waals surface area contributed by atoms with Gasteiger partial charge in [-0.1, -0.05) is 91.0 Å². The van der Waals surface area contributed by atoms with E-state index in [0.717, 1.165) is 22.9 Å². The van der Waals surface area contributed by atoms with Crippen LogP contribution >= 0.6 is 0 Å². The van der Waals surface area contributed by atoms with Gasteiger partial charge >= 0.3 is 49.4 Å². The Labute approximate surface area is 411 Å². The van der Waals surface area contributed by atoms with E-state index in [4.69, 9.17) is 5.26 Å². The molecule has 0 saturated heterocycles. The van der Waals surface area contributed by atoms with Gasteiger partial charge < -0.3 is 0 Å². The Balaban J connectivity index is 0.000000408. The van der Waals surface area contributed by atoms with Gasteiger partial charge in [0.15, 0.2) is 18.9 Å². The molecular weight excluding hydrogens is 1080 g/mol. The molecule has 0 aliphatic carbocycles. The number of pyridine rings is 1. The Kier molecular flexibility index (Phi) is 15.2. The molecule has 76 heavy (non-hydrogen) atoms. The largest absolute Gasteiger partial charge is 0.416 e. The molecule has 0 amide bonds. The molecule has 1 heterocycles. The molecule has 0 unspecified atom stereocenters. The summed E-state index contributed by atoms with van der Waals surface area (Å²) in [6.07, 6.45) is -50.7. The van der Waals surface area contributed by atoms with Gasteiger partial charge in [-0.3, -0.25) is 0 Å². The van der Waals surface area contributed by atoms with E-state index in [2.05, 4.69) is 35.0 Å². The summed E-state index contributed by atoms with van der Waals surface area (Å²) < 4.78 is 343. The monoisotopic (exact) mass is 1110 g/mol. The molecule has 7 aromatic rings. The van der Waals surface area contributed by atoms with Gasteiger partial charge in [0.25, 0.3) is 0 Å². The summed E-state index contributed by atoms with van der Waals surface area (Å²) in [6.45, 7) is 0.816. The number of halogens is 24. The van der Waals surface area contributed by atoms with Crippen LogP contribution in [0.3, 0.4) is 0 Å². The van der Waals surface area contributed by atoms with Crippen LogP contribution in [0.15, 0.2) is 140 Å². The van der Waals surface area contributed by atoms with Gasteiger partial charge in [0.05, 0.1) is 55.5 Å². The van der Waals surface area contributed by atoms with E-state index >= 15 is 0 Å². The van der Waals surface area contributed by atoms with Gasteiger partial charge in [0.1, 0.15) is 12.2 Å². The van der Waals surface area contributed by atoms with Crippen LogP contribution in [0.25, 0.3) is 10.8 Å². The molecule has 0 aliphatic heterocycles. The third-order valence-electron chi connectivity index (χ3n) is 11.6. The third kappa shape index (κ3) is 12.8. The molecule has 6 aromatic carbocycles.